The van der Waals surface area contributed by atoms with E-state index in [1.54, 1.807) is 18.2 Å². The van der Waals surface area contributed by atoms with Gasteiger partial charge in [-0.05, 0) is 25.0 Å². The molecule has 1 fully saturated rings. The van der Waals surface area contributed by atoms with Gasteiger partial charge in [0.25, 0.3) is 5.91 Å². The summed E-state index contributed by atoms with van der Waals surface area (Å²) < 4.78 is 5.32. The second-order valence-corrected chi connectivity index (χ2v) is 5.21. The van der Waals surface area contributed by atoms with E-state index in [4.69, 9.17) is 4.42 Å². The van der Waals surface area contributed by atoms with Gasteiger partial charge in [0.2, 0.25) is 5.91 Å². The third-order valence-corrected chi connectivity index (χ3v) is 3.61. The molecule has 0 spiro atoms. The normalized spacial score (nSPS) is 18.9. The van der Waals surface area contributed by atoms with Gasteiger partial charge in [-0.3, -0.25) is 9.59 Å². The number of rotatable bonds is 4. The minimum atomic E-state index is -0.0803. The van der Waals surface area contributed by atoms with E-state index in [0.29, 0.717) is 25.1 Å². The smallest absolute Gasteiger partial charge is 0.270 e. The van der Waals surface area contributed by atoms with E-state index in [9.17, 15) is 9.59 Å². The third kappa shape index (κ3) is 2.59. The van der Waals surface area contributed by atoms with Crippen LogP contribution in [0, 0.1) is 0 Å². The Labute approximate surface area is 117 Å². The number of hydrogen-bond donors (Lipinski definition) is 0. The number of hydrazone groups is 1. The SMILES string of the molecule is CN1N=C(C(=O)N(Cc2ccco2)C2CC2)CCC1=O. The van der Waals surface area contributed by atoms with Crippen LogP contribution < -0.4 is 0 Å². The maximum atomic E-state index is 12.6. The quantitative estimate of drug-likeness (QED) is 0.833. The Bertz CT molecular complexity index is 546. The van der Waals surface area contributed by atoms with E-state index < -0.39 is 0 Å². The van der Waals surface area contributed by atoms with Gasteiger partial charge in [0.05, 0.1) is 12.8 Å². The highest BCUT2D eigenvalue weighted by Crippen LogP contribution is 2.29. The maximum absolute atomic E-state index is 12.6. The fraction of sp³-hybridized carbons (Fsp3) is 0.500. The molecule has 1 aromatic heterocycles. The summed E-state index contributed by atoms with van der Waals surface area (Å²) in [5.74, 6) is 0.639. The molecule has 3 rings (SSSR count). The van der Waals surface area contributed by atoms with E-state index >= 15 is 0 Å². The predicted octanol–water partition coefficient (Wildman–Crippen LogP) is 1.38. The van der Waals surface area contributed by atoms with E-state index in [1.807, 2.05) is 12.1 Å². The average Bonchev–Trinajstić information content (AvgIpc) is 3.15. The Hall–Kier alpha value is -2.11. The molecule has 0 aromatic carbocycles. The molecule has 1 aliphatic carbocycles. The molecular formula is C14H17N3O3. The molecule has 6 heteroatoms. The Morgan fingerprint density at radius 2 is 2.30 bits per heavy atom. The van der Waals surface area contributed by atoms with Gasteiger partial charge in [0.1, 0.15) is 11.5 Å². The van der Waals surface area contributed by atoms with Gasteiger partial charge in [-0.2, -0.15) is 5.10 Å². The van der Waals surface area contributed by atoms with Crippen molar-refractivity contribution < 1.29 is 14.0 Å². The molecule has 1 saturated carbocycles. The lowest BCUT2D eigenvalue weighted by Crippen LogP contribution is -2.41. The molecule has 0 N–H and O–H groups in total. The monoisotopic (exact) mass is 275 g/mol. The summed E-state index contributed by atoms with van der Waals surface area (Å²) in [5.41, 5.74) is 0.463. The Morgan fingerprint density at radius 1 is 1.50 bits per heavy atom. The summed E-state index contributed by atoms with van der Waals surface area (Å²) in [5, 5.41) is 5.36. The minimum Gasteiger partial charge on any atom is -0.467 e. The number of carbonyl (C=O) groups excluding carboxylic acids is 2. The molecule has 2 heterocycles. The highest BCUT2D eigenvalue weighted by molar-refractivity contribution is 6.39. The van der Waals surface area contributed by atoms with Crippen molar-refractivity contribution in [3.05, 3.63) is 24.2 Å². The van der Waals surface area contributed by atoms with Crippen molar-refractivity contribution in [1.82, 2.24) is 9.91 Å². The summed E-state index contributed by atoms with van der Waals surface area (Å²) in [7, 11) is 1.59. The van der Waals surface area contributed by atoms with Crippen molar-refractivity contribution in [2.24, 2.45) is 5.10 Å². The molecule has 0 saturated heterocycles. The zero-order valence-corrected chi connectivity index (χ0v) is 11.4. The van der Waals surface area contributed by atoms with Crippen LogP contribution in [-0.4, -0.2) is 40.5 Å². The van der Waals surface area contributed by atoms with Crippen molar-refractivity contribution in [1.29, 1.82) is 0 Å². The van der Waals surface area contributed by atoms with Crippen LogP contribution >= 0.6 is 0 Å². The summed E-state index contributed by atoms with van der Waals surface area (Å²) in [6, 6.07) is 3.95. The van der Waals surface area contributed by atoms with Gasteiger partial charge in [-0.1, -0.05) is 0 Å². The van der Waals surface area contributed by atoms with Gasteiger partial charge in [0.15, 0.2) is 0 Å². The second kappa shape index (κ2) is 5.11. The van der Waals surface area contributed by atoms with E-state index in [2.05, 4.69) is 5.10 Å². The minimum absolute atomic E-state index is 0.0504. The lowest BCUT2D eigenvalue weighted by Gasteiger charge is -2.25. The number of amides is 2. The summed E-state index contributed by atoms with van der Waals surface area (Å²) in [6.45, 7) is 0.465. The maximum Gasteiger partial charge on any atom is 0.270 e. The van der Waals surface area contributed by atoms with Crippen molar-refractivity contribution >= 4 is 17.5 Å². The van der Waals surface area contributed by atoms with E-state index in [-0.39, 0.29) is 17.9 Å². The predicted molar refractivity (Wildman–Crippen MR) is 71.7 cm³/mol. The molecule has 0 unspecified atom stereocenters. The molecule has 20 heavy (non-hydrogen) atoms. The first-order valence-corrected chi connectivity index (χ1v) is 6.82. The fourth-order valence-electron chi connectivity index (χ4n) is 2.31. The first-order chi connectivity index (χ1) is 9.65. The van der Waals surface area contributed by atoms with Crippen LogP contribution in [0.15, 0.2) is 27.9 Å². The third-order valence-electron chi connectivity index (χ3n) is 3.61. The molecule has 0 radical (unpaired) electrons. The standard InChI is InChI=1S/C14H17N3O3/c1-16-13(18)7-6-12(15-16)14(19)17(10-4-5-10)9-11-3-2-8-20-11/h2-3,8,10H,4-7,9H2,1H3. The van der Waals surface area contributed by atoms with E-state index in [1.165, 1.54) is 5.01 Å². The zero-order valence-electron chi connectivity index (χ0n) is 11.4. The van der Waals surface area contributed by atoms with Gasteiger partial charge in [-0.15, -0.1) is 0 Å². The topological polar surface area (TPSA) is 66.1 Å². The molecular weight excluding hydrogens is 258 g/mol. The highest BCUT2D eigenvalue weighted by atomic mass is 16.3. The molecule has 1 aromatic rings. The van der Waals surface area contributed by atoms with Gasteiger partial charge in [-0.25, -0.2) is 5.01 Å². The Balaban J connectivity index is 1.76. The van der Waals surface area contributed by atoms with E-state index in [0.717, 1.165) is 18.6 Å². The Morgan fingerprint density at radius 3 is 2.90 bits per heavy atom. The van der Waals surface area contributed by atoms with Crippen molar-refractivity contribution in [3.63, 3.8) is 0 Å². The van der Waals surface area contributed by atoms with Crippen LogP contribution in [0.4, 0.5) is 0 Å². The summed E-state index contributed by atoms with van der Waals surface area (Å²) >= 11 is 0. The van der Waals surface area contributed by atoms with Gasteiger partial charge >= 0.3 is 0 Å². The van der Waals surface area contributed by atoms with Crippen LogP contribution in [0.25, 0.3) is 0 Å². The lowest BCUT2D eigenvalue weighted by molar-refractivity contribution is -0.131. The zero-order chi connectivity index (χ0) is 14.1. The molecule has 2 amide bonds. The lowest BCUT2D eigenvalue weighted by atomic mass is 10.1. The number of hydrogen-bond acceptors (Lipinski definition) is 4. The largest absolute Gasteiger partial charge is 0.467 e. The van der Waals surface area contributed by atoms with Crippen molar-refractivity contribution in [3.8, 4) is 0 Å². The molecule has 2 aliphatic rings. The molecule has 0 atom stereocenters. The van der Waals surface area contributed by atoms with Gasteiger partial charge < -0.3 is 9.32 Å². The van der Waals surface area contributed by atoms with Crippen LogP contribution in [0.2, 0.25) is 0 Å². The summed E-state index contributed by atoms with van der Waals surface area (Å²) in [6.07, 6.45) is 4.42. The number of carbonyl (C=O) groups is 2. The second-order valence-electron chi connectivity index (χ2n) is 5.21. The Kier molecular flexibility index (Phi) is 3.30. The van der Waals surface area contributed by atoms with Crippen LogP contribution in [0.3, 0.4) is 0 Å². The molecule has 106 valence electrons. The number of nitrogens with zero attached hydrogens (tertiary/aromatic N) is 3. The summed E-state index contributed by atoms with van der Waals surface area (Å²) in [4.78, 5) is 25.8. The fourth-order valence-corrected chi connectivity index (χ4v) is 2.31. The molecule has 6 nitrogen and oxygen atoms in total. The first kappa shape index (κ1) is 12.9. The highest BCUT2D eigenvalue weighted by Gasteiger charge is 2.36. The molecule has 1 aliphatic heterocycles. The first-order valence-electron chi connectivity index (χ1n) is 6.82. The van der Waals surface area contributed by atoms with Crippen LogP contribution in [-0.2, 0) is 16.1 Å². The number of furan rings is 1. The van der Waals surface area contributed by atoms with Crippen LogP contribution in [0.5, 0.6) is 0 Å². The molecule has 0 bridgehead atoms. The van der Waals surface area contributed by atoms with Gasteiger partial charge in [0, 0.05) is 25.9 Å². The van der Waals surface area contributed by atoms with Crippen LogP contribution in [0.1, 0.15) is 31.4 Å². The van der Waals surface area contributed by atoms with Crippen molar-refractivity contribution in [2.45, 2.75) is 38.3 Å². The average molecular weight is 275 g/mol. The van der Waals surface area contributed by atoms with Crippen molar-refractivity contribution in [2.75, 3.05) is 7.05 Å².